The van der Waals surface area contributed by atoms with E-state index in [1.165, 1.54) is 23.2 Å². The molecule has 0 aliphatic carbocycles. The number of hydrogen-bond donors (Lipinski definition) is 2. The highest BCUT2D eigenvalue weighted by atomic mass is 19.1. The predicted octanol–water partition coefficient (Wildman–Crippen LogP) is 4.21. The number of benzene rings is 2. The molecule has 1 aliphatic rings. The molecule has 152 valence electrons. The number of pyridine rings is 1. The van der Waals surface area contributed by atoms with E-state index in [2.05, 4.69) is 15.6 Å². The second-order valence-electron chi connectivity index (χ2n) is 7.36. The summed E-state index contributed by atoms with van der Waals surface area (Å²) in [5, 5.41) is 6.62. The lowest BCUT2D eigenvalue weighted by Gasteiger charge is -2.30. The Hall–Kier alpha value is -3.74. The highest BCUT2D eigenvalue weighted by molar-refractivity contribution is 6.10. The summed E-state index contributed by atoms with van der Waals surface area (Å²) in [7, 11) is 1.57. The van der Waals surface area contributed by atoms with Crippen molar-refractivity contribution in [1.29, 1.82) is 0 Å². The van der Waals surface area contributed by atoms with Crippen LogP contribution in [0.2, 0.25) is 0 Å². The van der Waals surface area contributed by atoms with Crippen molar-refractivity contribution in [3.8, 4) is 0 Å². The Balaban J connectivity index is 1.73. The predicted molar refractivity (Wildman–Crippen MR) is 113 cm³/mol. The van der Waals surface area contributed by atoms with Gasteiger partial charge in [0.25, 0.3) is 5.91 Å². The molecule has 3 aromatic rings. The van der Waals surface area contributed by atoms with Gasteiger partial charge in [-0.15, -0.1) is 0 Å². The molecule has 1 atom stereocenters. The Morgan fingerprint density at radius 2 is 1.83 bits per heavy atom. The number of amides is 3. The van der Waals surface area contributed by atoms with Gasteiger partial charge in [-0.25, -0.2) is 9.18 Å². The zero-order chi connectivity index (χ0) is 21.4. The maximum Gasteiger partial charge on any atom is 0.321 e. The van der Waals surface area contributed by atoms with Crippen molar-refractivity contribution >= 4 is 28.5 Å². The van der Waals surface area contributed by atoms with Crippen LogP contribution in [0.15, 0.2) is 60.3 Å². The molecule has 0 fully saturated rings. The number of fused-ring (bicyclic) bond motifs is 1. The maximum absolute atomic E-state index is 13.4. The van der Waals surface area contributed by atoms with Crippen LogP contribution in [0.3, 0.4) is 0 Å². The molecule has 2 heterocycles. The number of anilines is 1. The second-order valence-corrected chi connectivity index (χ2v) is 7.36. The van der Waals surface area contributed by atoms with Crippen LogP contribution in [0.1, 0.15) is 22.9 Å². The Morgan fingerprint density at radius 3 is 2.57 bits per heavy atom. The van der Waals surface area contributed by atoms with E-state index in [1.54, 1.807) is 19.2 Å². The number of aromatic nitrogens is 1. The summed E-state index contributed by atoms with van der Waals surface area (Å²) in [6.45, 7) is 3.83. The normalized spacial score (nSPS) is 16.3. The van der Waals surface area contributed by atoms with Crippen molar-refractivity contribution in [2.75, 3.05) is 12.4 Å². The molecule has 0 bridgehead atoms. The van der Waals surface area contributed by atoms with Crippen molar-refractivity contribution in [1.82, 2.24) is 15.2 Å². The lowest BCUT2D eigenvalue weighted by molar-refractivity contribution is -0.113. The summed E-state index contributed by atoms with van der Waals surface area (Å²) in [5.74, 6) is -0.741. The van der Waals surface area contributed by atoms with Crippen LogP contribution in [0, 0.1) is 19.7 Å². The average molecular weight is 404 g/mol. The number of nitrogens with zero attached hydrogens (tertiary/aromatic N) is 2. The number of urea groups is 1. The minimum Gasteiger partial charge on any atom is -0.327 e. The third-order valence-corrected chi connectivity index (χ3v) is 5.15. The van der Waals surface area contributed by atoms with Crippen molar-refractivity contribution in [3.05, 3.63) is 82.9 Å². The van der Waals surface area contributed by atoms with Gasteiger partial charge in [-0.2, -0.15) is 0 Å². The third-order valence-electron chi connectivity index (χ3n) is 5.15. The van der Waals surface area contributed by atoms with Crippen LogP contribution in [-0.4, -0.2) is 28.9 Å². The fourth-order valence-electron chi connectivity index (χ4n) is 3.52. The van der Waals surface area contributed by atoms with Gasteiger partial charge in [-0.1, -0.05) is 18.2 Å². The lowest BCUT2D eigenvalue weighted by atomic mass is 9.96. The van der Waals surface area contributed by atoms with Gasteiger partial charge in [0.05, 0.1) is 22.8 Å². The average Bonchev–Trinajstić information content (AvgIpc) is 2.72. The highest BCUT2D eigenvalue weighted by Crippen LogP contribution is 2.30. The van der Waals surface area contributed by atoms with Gasteiger partial charge in [0.15, 0.2) is 0 Å². The van der Waals surface area contributed by atoms with Gasteiger partial charge in [0.2, 0.25) is 0 Å². The highest BCUT2D eigenvalue weighted by Gasteiger charge is 2.31. The maximum atomic E-state index is 13.4. The van der Waals surface area contributed by atoms with Gasteiger partial charge in [-0.3, -0.25) is 9.78 Å². The van der Waals surface area contributed by atoms with Crippen LogP contribution >= 0.6 is 0 Å². The van der Waals surface area contributed by atoms with Gasteiger partial charge in [-0.05, 0) is 55.3 Å². The van der Waals surface area contributed by atoms with Gasteiger partial charge >= 0.3 is 6.03 Å². The number of carbonyl (C=O) groups is 2. The van der Waals surface area contributed by atoms with E-state index in [0.29, 0.717) is 16.8 Å². The smallest absolute Gasteiger partial charge is 0.321 e. The molecule has 2 N–H and O–H groups in total. The summed E-state index contributed by atoms with van der Waals surface area (Å²) in [5.41, 5.74) is 4.21. The zero-order valence-corrected chi connectivity index (χ0v) is 16.9. The Bertz CT molecular complexity index is 1190. The first-order valence-corrected chi connectivity index (χ1v) is 9.52. The minimum atomic E-state index is -0.690. The molecule has 0 spiro atoms. The number of aryl methyl sites for hydroxylation is 2. The Morgan fingerprint density at radius 1 is 1.10 bits per heavy atom. The fraction of sp³-hybridized carbons (Fsp3) is 0.174. The fourth-order valence-corrected chi connectivity index (χ4v) is 3.52. The third kappa shape index (κ3) is 3.61. The molecule has 4 rings (SSSR count). The largest absolute Gasteiger partial charge is 0.327 e. The molecule has 0 radical (unpaired) electrons. The molecule has 0 saturated carbocycles. The summed E-state index contributed by atoms with van der Waals surface area (Å²) in [4.78, 5) is 31.3. The van der Waals surface area contributed by atoms with E-state index in [4.69, 9.17) is 0 Å². The van der Waals surface area contributed by atoms with Crippen molar-refractivity contribution in [2.45, 2.75) is 19.9 Å². The number of nitrogens with one attached hydrogen (secondary N) is 2. The molecule has 0 saturated heterocycles. The lowest BCUT2D eigenvalue weighted by Crippen LogP contribution is -2.44. The van der Waals surface area contributed by atoms with Crippen LogP contribution in [0.25, 0.3) is 10.9 Å². The van der Waals surface area contributed by atoms with Crippen LogP contribution in [0.4, 0.5) is 14.9 Å². The van der Waals surface area contributed by atoms with E-state index < -0.39 is 6.04 Å². The molecule has 3 amide bonds. The number of carbonyl (C=O) groups excluding carboxylic acids is 2. The standard InChI is InChI=1S/C23H21FN4O2/c1-13-4-11-19-17(10-5-14(2)25-19)20(13)26-22(29)18-12-28(3)23(30)27-21(18)15-6-8-16(24)9-7-15/h4-12,21H,1-3H3,(H,26,29)(H,27,30). The SMILES string of the molecule is Cc1ccc2c(NC(=O)C3=CN(C)C(=O)NC3c3ccc(F)cc3)c(C)ccc2n1. The van der Waals surface area contributed by atoms with Crippen LogP contribution in [0.5, 0.6) is 0 Å². The molecular formula is C23H21FN4O2. The molecule has 7 heteroatoms. The first kappa shape index (κ1) is 19.6. The van der Waals surface area contributed by atoms with Gasteiger partial charge in [0.1, 0.15) is 5.82 Å². The van der Waals surface area contributed by atoms with Gasteiger partial charge < -0.3 is 15.5 Å². The van der Waals surface area contributed by atoms with Crippen LogP contribution < -0.4 is 10.6 Å². The monoisotopic (exact) mass is 404 g/mol. The number of hydrogen-bond acceptors (Lipinski definition) is 3. The van der Waals surface area contributed by atoms with E-state index >= 15 is 0 Å². The summed E-state index contributed by atoms with van der Waals surface area (Å²) in [6, 6.07) is 12.3. The molecule has 30 heavy (non-hydrogen) atoms. The zero-order valence-electron chi connectivity index (χ0n) is 16.9. The summed E-state index contributed by atoms with van der Waals surface area (Å²) in [6.07, 6.45) is 1.51. The van der Waals surface area contributed by atoms with Gasteiger partial charge in [0, 0.05) is 24.3 Å². The topological polar surface area (TPSA) is 74.3 Å². The number of halogens is 1. The molecular weight excluding hydrogens is 383 g/mol. The quantitative estimate of drug-likeness (QED) is 0.687. The minimum absolute atomic E-state index is 0.345. The summed E-state index contributed by atoms with van der Waals surface area (Å²) >= 11 is 0. The van der Waals surface area contributed by atoms with E-state index in [0.717, 1.165) is 22.2 Å². The molecule has 2 aromatic carbocycles. The van der Waals surface area contributed by atoms with Crippen molar-refractivity contribution < 1.29 is 14.0 Å². The van der Waals surface area contributed by atoms with E-state index in [9.17, 15) is 14.0 Å². The first-order valence-electron chi connectivity index (χ1n) is 9.52. The van der Waals surface area contributed by atoms with Crippen molar-refractivity contribution in [2.24, 2.45) is 0 Å². The second kappa shape index (κ2) is 7.59. The number of rotatable bonds is 3. The Kier molecular flexibility index (Phi) is 4.95. The van der Waals surface area contributed by atoms with Crippen molar-refractivity contribution in [3.63, 3.8) is 0 Å². The van der Waals surface area contributed by atoms with E-state index in [1.807, 2.05) is 38.1 Å². The molecule has 1 aliphatic heterocycles. The first-order chi connectivity index (χ1) is 14.3. The molecule has 1 aromatic heterocycles. The van der Waals surface area contributed by atoms with Crippen LogP contribution in [-0.2, 0) is 4.79 Å². The molecule has 1 unspecified atom stereocenters. The Labute approximate surface area is 173 Å². The summed E-state index contributed by atoms with van der Waals surface area (Å²) < 4.78 is 13.4. The molecule has 6 nitrogen and oxygen atoms in total. The van der Waals surface area contributed by atoms with E-state index in [-0.39, 0.29) is 17.8 Å².